The average molecular weight is 289 g/mol. The first kappa shape index (κ1) is 16.3. The lowest BCUT2D eigenvalue weighted by molar-refractivity contribution is 0.302. The summed E-state index contributed by atoms with van der Waals surface area (Å²) in [5, 5.41) is 3.20. The summed E-state index contributed by atoms with van der Waals surface area (Å²) in [6.07, 6.45) is 8.98. The Balaban J connectivity index is 2.08. The van der Waals surface area contributed by atoms with Crippen LogP contribution >= 0.6 is 0 Å². The molecule has 0 amide bonds. The first-order chi connectivity index (χ1) is 10.1. The van der Waals surface area contributed by atoms with Gasteiger partial charge in [0.1, 0.15) is 11.6 Å². The fourth-order valence-electron chi connectivity index (χ4n) is 3.47. The van der Waals surface area contributed by atoms with E-state index in [4.69, 9.17) is 9.97 Å². The first-order valence-corrected chi connectivity index (χ1v) is 8.68. The maximum absolute atomic E-state index is 4.87. The molecular formula is C18H31N3. The minimum absolute atomic E-state index is 0.567. The van der Waals surface area contributed by atoms with Crippen LogP contribution in [0.15, 0.2) is 6.07 Å². The Morgan fingerprint density at radius 2 is 1.90 bits per heavy atom. The van der Waals surface area contributed by atoms with Crippen LogP contribution in [0.4, 0.5) is 5.82 Å². The third-order valence-corrected chi connectivity index (χ3v) is 4.58. The monoisotopic (exact) mass is 289 g/mol. The van der Waals surface area contributed by atoms with Crippen LogP contribution in [0.5, 0.6) is 0 Å². The molecule has 3 nitrogen and oxygen atoms in total. The Hall–Kier alpha value is -1.12. The second-order valence-corrected chi connectivity index (χ2v) is 6.96. The summed E-state index contributed by atoms with van der Waals surface area (Å²) in [7, 11) is 1.95. The average Bonchev–Trinajstić information content (AvgIpc) is 2.47. The second kappa shape index (κ2) is 7.77. The van der Waals surface area contributed by atoms with Gasteiger partial charge in [0.05, 0.1) is 0 Å². The molecule has 1 aliphatic rings. The van der Waals surface area contributed by atoms with E-state index in [2.05, 4.69) is 32.2 Å². The molecule has 0 spiro atoms. The van der Waals surface area contributed by atoms with Crippen molar-refractivity contribution < 1.29 is 0 Å². The molecule has 0 bridgehead atoms. The third-order valence-electron chi connectivity index (χ3n) is 4.58. The van der Waals surface area contributed by atoms with E-state index in [1.54, 1.807) is 0 Å². The molecule has 0 unspecified atom stereocenters. The summed E-state index contributed by atoms with van der Waals surface area (Å²) >= 11 is 0. The number of hydrogen-bond acceptors (Lipinski definition) is 3. The van der Waals surface area contributed by atoms with Crippen molar-refractivity contribution in [3.63, 3.8) is 0 Å². The number of rotatable bonds is 6. The molecule has 21 heavy (non-hydrogen) atoms. The van der Waals surface area contributed by atoms with Gasteiger partial charge in [-0.25, -0.2) is 9.97 Å². The minimum atomic E-state index is 0.567. The molecule has 1 aromatic rings. The van der Waals surface area contributed by atoms with Gasteiger partial charge in [0, 0.05) is 24.7 Å². The van der Waals surface area contributed by atoms with E-state index in [-0.39, 0.29) is 0 Å². The predicted octanol–water partition coefficient (Wildman–Crippen LogP) is 4.79. The van der Waals surface area contributed by atoms with Crippen LogP contribution in [0.2, 0.25) is 0 Å². The summed E-state index contributed by atoms with van der Waals surface area (Å²) in [6.45, 7) is 6.79. The van der Waals surface area contributed by atoms with Crippen molar-refractivity contribution in [3.8, 4) is 0 Å². The summed E-state index contributed by atoms with van der Waals surface area (Å²) in [4.78, 5) is 9.60. The molecule has 1 aliphatic carbocycles. The maximum Gasteiger partial charge on any atom is 0.134 e. The molecule has 1 saturated carbocycles. The number of hydrogen-bond donors (Lipinski definition) is 1. The highest BCUT2D eigenvalue weighted by Gasteiger charge is 2.24. The zero-order chi connectivity index (χ0) is 15.2. The molecule has 2 rings (SSSR count). The van der Waals surface area contributed by atoms with Gasteiger partial charge in [0.15, 0.2) is 0 Å². The SMILES string of the molecule is CCCC1CCC(c2nc(CC(C)C)cc(NC)n2)CC1. The number of anilines is 1. The van der Waals surface area contributed by atoms with E-state index < -0.39 is 0 Å². The molecule has 0 aromatic carbocycles. The Kier molecular flexibility index (Phi) is 6.01. The number of nitrogens with one attached hydrogen (secondary N) is 1. The molecule has 1 heterocycles. The Morgan fingerprint density at radius 3 is 2.48 bits per heavy atom. The van der Waals surface area contributed by atoms with Crippen LogP contribution < -0.4 is 5.32 Å². The van der Waals surface area contributed by atoms with Crippen LogP contribution in [0, 0.1) is 11.8 Å². The molecular weight excluding hydrogens is 258 g/mol. The normalized spacial score (nSPS) is 22.5. The molecule has 1 N–H and O–H groups in total. The zero-order valence-electron chi connectivity index (χ0n) is 14.2. The third kappa shape index (κ3) is 4.69. The van der Waals surface area contributed by atoms with Gasteiger partial charge in [-0.2, -0.15) is 0 Å². The van der Waals surface area contributed by atoms with Crippen LogP contribution in [0.1, 0.15) is 76.7 Å². The highest BCUT2D eigenvalue weighted by molar-refractivity contribution is 5.35. The molecule has 0 atom stereocenters. The van der Waals surface area contributed by atoms with Crippen LogP contribution in [0.3, 0.4) is 0 Å². The minimum Gasteiger partial charge on any atom is -0.373 e. The maximum atomic E-state index is 4.87. The lowest BCUT2D eigenvalue weighted by Crippen LogP contribution is -2.16. The van der Waals surface area contributed by atoms with E-state index in [1.807, 2.05) is 7.05 Å². The molecule has 0 radical (unpaired) electrons. The van der Waals surface area contributed by atoms with Crippen LogP contribution in [-0.4, -0.2) is 17.0 Å². The Morgan fingerprint density at radius 1 is 1.19 bits per heavy atom. The molecule has 118 valence electrons. The van der Waals surface area contributed by atoms with Gasteiger partial charge in [-0.05, 0) is 43.9 Å². The topological polar surface area (TPSA) is 37.8 Å². The zero-order valence-corrected chi connectivity index (χ0v) is 14.2. The van der Waals surface area contributed by atoms with Gasteiger partial charge in [0.25, 0.3) is 0 Å². The Bertz CT molecular complexity index is 434. The highest BCUT2D eigenvalue weighted by Crippen LogP contribution is 2.36. The van der Waals surface area contributed by atoms with E-state index in [0.717, 1.165) is 24.0 Å². The number of nitrogens with zero attached hydrogens (tertiary/aromatic N) is 2. The molecule has 3 heteroatoms. The largest absolute Gasteiger partial charge is 0.373 e. The van der Waals surface area contributed by atoms with Crippen molar-refractivity contribution in [1.29, 1.82) is 0 Å². The van der Waals surface area contributed by atoms with Gasteiger partial charge in [0.2, 0.25) is 0 Å². The summed E-state index contributed by atoms with van der Waals surface area (Å²) < 4.78 is 0. The quantitative estimate of drug-likeness (QED) is 0.818. The van der Waals surface area contributed by atoms with Crippen molar-refractivity contribution in [1.82, 2.24) is 9.97 Å². The van der Waals surface area contributed by atoms with Crippen LogP contribution in [-0.2, 0) is 6.42 Å². The summed E-state index contributed by atoms with van der Waals surface area (Å²) in [5.41, 5.74) is 1.19. The number of aromatic nitrogens is 2. The fraction of sp³-hybridized carbons (Fsp3) is 0.778. The lowest BCUT2D eigenvalue weighted by Gasteiger charge is -2.27. The van der Waals surface area contributed by atoms with Crippen molar-refractivity contribution in [2.45, 2.75) is 71.6 Å². The first-order valence-electron chi connectivity index (χ1n) is 8.68. The second-order valence-electron chi connectivity index (χ2n) is 6.96. The lowest BCUT2D eigenvalue weighted by atomic mass is 9.79. The molecule has 1 aromatic heterocycles. The van der Waals surface area contributed by atoms with Gasteiger partial charge < -0.3 is 5.32 Å². The Labute approximate surface area is 130 Å². The fourth-order valence-corrected chi connectivity index (χ4v) is 3.47. The standard InChI is InChI=1S/C18H31N3/c1-5-6-14-7-9-15(10-8-14)18-20-16(11-13(2)3)12-17(19-4)21-18/h12-15H,5-11H2,1-4H3,(H,19,20,21). The van der Waals surface area contributed by atoms with Gasteiger partial charge in [-0.3, -0.25) is 0 Å². The van der Waals surface area contributed by atoms with Gasteiger partial charge in [-0.1, -0.05) is 33.6 Å². The van der Waals surface area contributed by atoms with Crippen LogP contribution in [0.25, 0.3) is 0 Å². The van der Waals surface area contributed by atoms with Crippen molar-refractivity contribution >= 4 is 5.82 Å². The van der Waals surface area contributed by atoms with Crippen molar-refractivity contribution in [3.05, 3.63) is 17.6 Å². The molecule has 1 fully saturated rings. The molecule has 0 aliphatic heterocycles. The van der Waals surface area contributed by atoms with Crippen molar-refractivity contribution in [2.24, 2.45) is 11.8 Å². The summed E-state index contributed by atoms with van der Waals surface area (Å²) in [6, 6.07) is 2.10. The molecule has 0 saturated heterocycles. The summed E-state index contributed by atoms with van der Waals surface area (Å²) in [5.74, 6) is 4.20. The van der Waals surface area contributed by atoms with E-state index in [9.17, 15) is 0 Å². The predicted molar refractivity (Wildman–Crippen MR) is 89.7 cm³/mol. The van der Waals surface area contributed by atoms with E-state index in [1.165, 1.54) is 44.2 Å². The van der Waals surface area contributed by atoms with Gasteiger partial charge >= 0.3 is 0 Å². The highest BCUT2D eigenvalue weighted by atomic mass is 15.0. The smallest absolute Gasteiger partial charge is 0.134 e. The van der Waals surface area contributed by atoms with Gasteiger partial charge in [-0.15, -0.1) is 0 Å². The van der Waals surface area contributed by atoms with Crippen molar-refractivity contribution in [2.75, 3.05) is 12.4 Å². The van der Waals surface area contributed by atoms with E-state index in [0.29, 0.717) is 11.8 Å². The van der Waals surface area contributed by atoms with E-state index >= 15 is 0 Å².